The summed E-state index contributed by atoms with van der Waals surface area (Å²) >= 11 is 0. The van der Waals surface area contributed by atoms with Crippen LogP contribution in [0.4, 0.5) is 14.5 Å². The molecule has 0 aliphatic rings. The van der Waals surface area contributed by atoms with E-state index in [2.05, 4.69) is 20.5 Å². The number of nitriles is 1. The summed E-state index contributed by atoms with van der Waals surface area (Å²) in [5, 5.41) is 18.9. The minimum atomic E-state index is -1.21. The van der Waals surface area contributed by atoms with Crippen LogP contribution >= 0.6 is 0 Å². The Morgan fingerprint density at radius 1 is 1.26 bits per heavy atom. The van der Waals surface area contributed by atoms with Gasteiger partial charge in [0.25, 0.3) is 5.91 Å². The van der Waals surface area contributed by atoms with Crippen LogP contribution in [-0.4, -0.2) is 21.1 Å². The van der Waals surface area contributed by atoms with E-state index in [4.69, 9.17) is 9.68 Å². The standard InChI is InChI=1S/C18H9F2N5O2/c19-12-3-1-9(6-21)16(20)15(12)18(26)23-10-2-4-13-11(5-10)17(25-24-13)14-7-22-8-27-14/h1-5,7-8H,(H,23,26)(H,24,25). The Bertz CT molecular complexity index is 1210. The summed E-state index contributed by atoms with van der Waals surface area (Å²) in [6.45, 7) is 0. The normalized spacial score (nSPS) is 10.7. The number of rotatable bonds is 3. The molecule has 7 nitrogen and oxygen atoms in total. The number of nitrogens with zero attached hydrogens (tertiary/aromatic N) is 3. The summed E-state index contributed by atoms with van der Waals surface area (Å²) in [6, 6.07) is 8.20. The molecular weight excluding hydrogens is 356 g/mol. The van der Waals surface area contributed by atoms with E-state index < -0.39 is 28.7 Å². The quantitative estimate of drug-likeness (QED) is 0.576. The molecule has 4 rings (SSSR count). The molecule has 2 aromatic carbocycles. The molecule has 2 aromatic heterocycles. The first-order valence-electron chi connectivity index (χ1n) is 7.65. The van der Waals surface area contributed by atoms with E-state index in [9.17, 15) is 13.6 Å². The zero-order valence-corrected chi connectivity index (χ0v) is 13.5. The fourth-order valence-corrected chi connectivity index (χ4v) is 2.65. The maximum absolute atomic E-state index is 14.2. The van der Waals surface area contributed by atoms with Crippen LogP contribution in [0.3, 0.4) is 0 Å². The van der Waals surface area contributed by atoms with Crippen LogP contribution in [0.5, 0.6) is 0 Å². The molecule has 0 atom stereocenters. The predicted octanol–water partition coefficient (Wildman–Crippen LogP) is 3.62. The number of fused-ring (bicyclic) bond motifs is 1. The average Bonchev–Trinajstić information content (AvgIpc) is 3.31. The minimum Gasteiger partial charge on any atom is -0.442 e. The third-order valence-electron chi connectivity index (χ3n) is 3.93. The number of H-pyrrole nitrogens is 1. The smallest absolute Gasteiger partial charge is 0.261 e. The van der Waals surface area contributed by atoms with Crippen molar-refractivity contribution in [3.63, 3.8) is 0 Å². The van der Waals surface area contributed by atoms with Gasteiger partial charge in [-0.15, -0.1) is 0 Å². The van der Waals surface area contributed by atoms with Gasteiger partial charge in [0.05, 0.1) is 17.3 Å². The van der Waals surface area contributed by atoms with Crippen LogP contribution < -0.4 is 5.32 Å². The van der Waals surface area contributed by atoms with Crippen LogP contribution in [-0.2, 0) is 0 Å². The maximum Gasteiger partial charge on any atom is 0.261 e. The number of aromatic amines is 1. The van der Waals surface area contributed by atoms with E-state index in [0.717, 1.165) is 12.1 Å². The fourth-order valence-electron chi connectivity index (χ4n) is 2.65. The molecule has 27 heavy (non-hydrogen) atoms. The summed E-state index contributed by atoms with van der Waals surface area (Å²) in [7, 11) is 0. The molecule has 0 aliphatic heterocycles. The van der Waals surface area contributed by atoms with Gasteiger partial charge in [-0.3, -0.25) is 9.89 Å². The summed E-state index contributed by atoms with van der Waals surface area (Å²) < 4.78 is 33.3. The molecule has 4 aromatic rings. The molecule has 1 amide bonds. The van der Waals surface area contributed by atoms with Gasteiger partial charge in [0.1, 0.15) is 23.1 Å². The number of oxazole rings is 1. The second-order valence-electron chi connectivity index (χ2n) is 5.55. The summed E-state index contributed by atoms with van der Waals surface area (Å²) in [5.74, 6) is -2.85. The largest absolute Gasteiger partial charge is 0.442 e. The first-order chi connectivity index (χ1) is 13.1. The Morgan fingerprint density at radius 2 is 2.11 bits per heavy atom. The third kappa shape index (κ3) is 2.79. The van der Waals surface area contributed by atoms with E-state index in [1.807, 2.05) is 0 Å². The van der Waals surface area contributed by atoms with Gasteiger partial charge >= 0.3 is 0 Å². The monoisotopic (exact) mass is 365 g/mol. The van der Waals surface area contributed by atoms with Gasteiger partial charge in [0, 0.05) is 11.1 Å². The zero-order chi connectivity index (χ0) is 19.0. The van der Waals surface area contributed by atoms with E-state index in [1.165, 1.54) is 12.6 Å². The van der Waals surface area contributed by atoms with Crippen molar-refractivity contribution >= 4 is 22.5 Å². The number of hydrogen-bond acceptors (Lipinski definition) is 5. The molecule has 0 saturated heterocycles. The van der Waals surface area contributed by atoms with E-state index in [-0.39, 0.29) is 5.69 Å². The lowest BCUT2D eigenvalue weighted by Crippen LogP contribution is -2.16. The lowest BCUT2D eigenvalue weighted by molar-refractivity contribution is 0.101. The molecule has 0 spiro atoms. The highest BCUT2D eigenvalue weighted by atomic mass is 19.1. The first kappa shape index (κ1) is 16.4. The van der Waals surface area contributed by atoms with Gasteiger partial charge in [-0.25, -0.2) is 13.8 Å². The molecule has 0 unspecified atom stereocenters. The topological polar surface area (TPSA) is 108 Å². The maximum atomic E-state index is 14.2. The van der Waals surface area contributed by atoms with Crippen LogP contribution in [0.15, 0.2) is 47.3 Å². The molecule has 132 valence electrons. The van der Waals surface area contributed by atoms with Gasteiger partial charge in [0.2, 0.25) is 0 Å². The highest BCUT2D eigenvalue weighted by molar-refractivity contribution is 6.06. The number of halogens is 2. The second-order valence-corrected chi connectivity index (χ2v) is 5.55. The van der Waals surface area contributed by atoms with Crippen molar-refractivity contribution in [2.45, 2.75) is 0 Å². The number of benzene rings is 2. The number of amides is 1. The molecule has 0 saturated carbocycles. The van der Waals surface area contributed by atoms with Crippen molar-refractivity contribution in [3.05, 3.63) is 65.7 Å². The molecule has 0 fully saturated rings. The van der Waals surface area contributed by atoms with Crippen molar-refractivity contribution in [1.82, 2.24) is 15.2 Å². The minimum absolute atomic E-state index is 0.288. The van der Waals surface area contributed by atoms with Crippen LogP contribution in [0, 0.1) is 23.0 Å². The Hall–Kier alpha value is -4.06. The van der Waals surface area contributed by atoms with Gasteiger partial charge in [-0.05, 0) is 30.3 Å². The summed E-state index contributed by atoms with van der Waals surface area (Å²) in [6.07, 6.45) is 2.74. The Labute approximate surface area is 150 Å². The van der Waals surface area contributed by atoms with Crippen LogP contribution in [0.1, 0.15) is 15.9 Å². The van der Waals surface area contributed by atoms with E-state index in [1.54, 1.807) is 24.3 Å². The molecule has 2 heterocycles. The molecule has 0 radical (unpaired) electrons. The Morgan fingerprint density at radius 3 is 2.85 bits per heavy atom. The highest BCUT2D eigenvalue weighted by Crippen LogP contribution is 2.28. The van der Waals surface area contributed by atoms with E-state index in [0.29, 0.717) is 22.4 Å². The van der Waals surface area contributed by atoms with Crippen molar-refractivity contribution in [2.24, 2.45) is 0 Å². The number of aromatic nitrogens is 3. The molecular formula is C18H9F2N5O2. The molecule has 0 aliphatic carbocycles. The third-order valence-corrected chi connectivity index (χ3v) is 3.93. The second kappa shape index (κ2) is 6.34. The van der Waals surface area contributed by atoms with Gasteiger partial charge in [-0.1, -0.05) is 0 Å². The summed E-state index contributed by atoms with van der Waals surface area (Å²) in [4.78, 5) is 16.2. The zero-order valence-electron chi connectivity index (χ0n) is 13.5. The Balaban J connectivity index is 1.71. The molecule has 0 bridgehead atoms. The number of hydrogen-bond donors (Lipinski definition) is 2. The van der Waals surface area contributed by atoms with Gasteiger partial charge in [-0.2, -0.15) is 10.4 Å². The average molecular weight is 365 g/mol. The van der Waals surface area contributed by atoms with Crippen molar-refractivity contribution in [3.8, 4) is 17.5 Å². The SMILES string of the molecule is N#Cc1ccc(F)c(C(=O)Nc2ccc3[nH]nc(-c4cnco4)c3c2)c1F. The van der Waals surface area contributed by atoms with Gasteiger partial charge < -0.3 is 9.73 Å². The Kier molecular flexibility index (Phi) is 3.86. The lowest BCUT2D eigenvalue weighted by atomic mass is 10.1. The van der Waals surface area contributed by atoms with E-state index >= 15 is 0 Å². The first-order valence-corrected chi connectivity index (χ1v) is 7.65. The number of carbonyl (C=O) groups excluding carboxylic acids is 1. The van der Waals surface area contributed by atoms with Crippen LogP contribution in [0.25, 0.3) is 22.4 Å². The number of anilines is 1. The highest BCUT2D eigenvalue weighted by Gasteiger charge is 2.21. The molecule has 9 heteroatoms. The predicted molar refractivity (Wildman–Crippen MR) is 90.6 cm³/mol. The lowest BCUT2D eigenvalue weighted by Gasteiger charge is -2.08. The van der Waals surface area contributed by atoms with Crippen molar-refractivity contribution < 1.29 is 18.0 Å². The number of carbonyl (C=O) groups is 1. The van der Waals surface area contributed by atoms with Gasteiger partial charge in [0.15, 0.2) is 18.0 Å². The summed E-state index contributed by atoms with van der Waals surface area (Å²) in [5.41, 5.74) is 0.192. The van der Waals surface area contributed by atoms with Crippen molar-refractivity contribution in [2.75, 3.05) is 5.32 Å². The van der Waals surface area contributed by atoms with Crippen LogP contribution in [0.2, 0.25) is 0 Å². The number of nitrogens with one attached hydrogen (secondary N) is 2. The van der Waals surface area contributed by atoms with Crippen molar-refractivity contribution in [1.29, 1.82) is 5.26 Å². The molecule has 2 N–H and O–H groups in total. The fraction of sp³-hybridized carbons (Fsp3) is 0.